The number of hydrogen-bond donors (Lipinski definition) is 2. The molecule has 0 bridgehead atoms. The molecular weight excluding hydrogens is 246 g/mol. The number of anilines is 1. The van der Waals surface area contributed by atoms with Gasteiger partial charge in [0.25, 0.3) is 0 Å². The molecule has 1 aromatic heterocycles. The van der Waals surface area contributed by atoms with Gasteiger partial charge in [-0.1, -0.05) is 11.8 Å². The van der Waals surface area contributed by atoms with Crippen molar-refractivity contribution in [1.82, 2.24) is 9.97 Å². The Morgan fingerprint density at radius 1 is 1.24 bits per heavy atom. The number of nitrogen functional groups attached to an aromatic ring is 1. The van der Waals surface area contributed by atoms with Gasteiger partial charge in [-0.2, -0.15) is 0 Å². The van der Waals surface area contributed by atoms with E-state index < -0.39 is 11.6 Å². The van der Waals surface area contributed by atoms with Crippen molar-refractivity contribution in [1.29, 1.82) is 0 Å². The summed E-state index contributed by atoms with van der Waals surface area (Å²) in [5, 5.41) is 0.421. The zero-order valence-corrected chi connectivity index (χ0v) is 9.34. The van der Waals surface area contributed by atoms with Gasteiger partial charge in [-0.05, 0) is 18.2 Å². The molecule has 17 heavy (non-hydrogen) atoms. The predicted octanol–water partition coefficient (Wildman–Crippen LogP) is 2.19. The highest BCUT2D eigenvalue weighted by molar-refractivity contribution is 7.99. The highest BCUT2D eigenvalue weighted by Crippen LogP contribution is 2.28. The molecule has 1 heterocycles. The number of benzene rings is 1. The summed E-state index contributed by atoms with van der Waals surface area (Å²) in [4.78, 5) is 8.04. The number of halogens is 2. The summed E-state index contributed by atoms with van der Waals surface area (Å²) in [6.45, 7) is 0. The van der Waals surface area contributed by atoms with Crippen molar-refractivity contribution in [3.05, 3.63) is 42.2 Å². The molecule has 0 amide bonds. The average Bonchev–Trinajstić information content (AvgIpc) is 2.34. The molecule has 0 atom stereocenters. The first kappa shape index (κ1) is 11.7. The third-order valence-corrected chi connectivity index (χ3v) is 2.81. The van der Waals surface area contributed by atoms with Gasteiger partial charge in [0.1, 0.15) is 16.7 Å². The summed E-state index contributed by atoms with van der Waals surface area (Å²) in [5.41, 5.74) is 2.32. The first-order valence-corrected chi connectivity index (χ1v) is 5.42. The summed E-state index contributed by atoms with van der Waals surface area (Å²) in [6.07, 6.45) is 2.86. The maximum Gasteiger partial charge on any atom is 0.159 e. The molecule has 1 aromatic carbocycles. The minimum absolute atomic E-state index is 0.147. The molecule has 0 aliphatic carbocycles. The van der Waals surface area contributed by atoms with Crippen molar-refractivity contribution in [2.75, 3.05) is 5.43 Å². The number of rotatable bonds is 3. The van der Waals surface area contributed by atoms with Crippen molar-refractivity contribution >= 4 is 17.6 Å². The van der Waals surface area contributed by atoms with Crippen LogP contribution in [0.5, 0.6) is 0 Å². The second-order valence-corrected chi connectivity index (χ2v) is 4.13. The molecule has 0 aliphatic rings. The highest BCUT2D eigenvalue weighted by atomic mass is 32.2. The molecule has 2 rings (SSSR count). The van der Waals surface area contributed by atoms with Crippen LogP contribution in [-0.2, 0) is 0 Å². The monoisotopic (exact) mass is 254 g/mol. The predicted molar refractivity (Wildman–Crippen MR) is 60.3 cm³/mol. The number of nitrogens with zero attached hydrogens (tertiary/aromatic N) is 2. The Bertz CT molecular complexity index is 535. The Labute approximate surface area is 100 Å². The molecular formula is C10H8F2N4S. The Kier molecular flexibility index (Phi) is 3.50. The van der Waals surface area contributed by atoms with E-state index in [1.54, 1.807) is 0 Å². The lowest BCUT2D eigenvalue weighted by molar-refractivity contribution is 0.577. The Morgan fingerprint density at radius 3 is 2.82 bits per heavy atom. The summed E-state index contributed by atoms with van der Waals surface area (Å²) in [7, 11) is 0. The molecule has 0 saturated heterocycles. The van der Waals surface area contributed by atoms with Gasteiger partial charge in [0.05, 0.1) is 17.3 Å². The van der Waals surface area contributed by atoms with Crippen LogP contribution in [0.25, 0.3) is 0 Å². The van der Waals surface area contributed by atoms with Crippen molar-refractivity contribution in [3.63, 3.8) is 0 Å². The maximum atomic E-state index is 13.4. The second-order valence-electron chi connectivity index (χ2n) is 3.06. The smallest absolute Gasteiger partial charge is 0.159 e. The zero-order chi connectivity index (χ0) is 12.3. The van der Waals surface area contributed by atoms with E-state index in [9.17, 15) is 8.78 Å². The first-order valence-electron chi connectivity index (χ1n) is 4.60. The highest BCUT2D eigenvalue weighted by Gasteiger charge is 2.07. The van der Waals surface area contributed by atoms with E-state index in [2.05, 4.69) is 15.4 Å². The summed E-state index contributed by atoms with van der Waals surface area (Å²) < 4.78 is 26.3. The number of aromatic nitrogens is 2. The molecule has 0 unspecified atom stereocenters. The molecule has 0 saturated carbocycles. The summed E-state index contributed by atoms with van der Waals surface area (Å²) >= 11 is 0.974. The van der Waals surface area contributed by atoms with Crippen LogP contribution in [0.2, 0.25) is 0 Å². The van der Waals surface area contributed by atoms with Gasteiger partial charge in [0.15, 0.2) is 5.82 Å². The van der Waals surface area contributed by atoms with E-state index in [4.69, 9.17) is 5.84 Å². The van der Waals surface area contributed by atoms with Crippen LogP contribution in [0, 0.1) is 11.6 Å². The SMILES string of the molecule is NNc1cncc(Sc2cc(F)ccc2F)n1. The molecule has 4 nitrogen and oxygen atoms in total. The molecule has 0 fully saturated rings. The van der Waals surface area contributed by atoms with Crippen LogP contribution in [0.1, 0.15) is 0 Å². The number of nitrogens with one attached hydrogen (secondary N) is 1. The van der Waals surface area contributed by atoms with Crippen LogP contribution < -0.4 is 11.3 Å². The van der Waals surface area contributed by atoms with Gasteiger partial charge < -0.3 is 5.43 Å². The van der Waals surface area contributed by atoms with Crippen molar-refractivity contribution < 1.29 is 8.78 Å². The summed E-state index contributed by atoms with van der Waals surface area (Å²) in [5.74, 6) is 4.51. The number of hydrazine groups is 1. The van der Waals surface area contributed by atoms with E-state index in [-0.39, 0.29) is 4.90 Å². The van der Waals surface area contributed by atoms with Gasteiger partial charge in [0.2, 0.25) is 0 Å². The fourth-order valence-electron chi connectivity index (χ4n) is 1.13. The van der Waals surface area contributed by atoms with Gasteiger partial charge in [-0.15, -0.1) is 0 Å². The molecule has 88 valence electrons. The zero-order valence-electron chi connectivity index (χ0n) is 8.52. The molecule has 3 N–H and O–H groups in total. The topological polar surface area (TPSA) is 63.8 Å². The minimum Gasteiger partial charge on any atom is -0.307 e. The fraction of sp³-hybridized carbons (Fsp3) is 0. The lowest BCUT2D eigenvalue weighted by atomic mass is 10.3. The molecule has 0 spiro atoms. The van der Waals surface area contributed by atoms with Crippen LogP contribution in [0.15, 0.2) is 40.5 Å². The largest absolute Gasteiger partial charge is 0.307 e. The van der Waals surface area contributed by atoms with E-state index in [0.717, 1.165) is 30.0 Å². The molecule has 0 aliphatic heterocycles. The Hall–Kier alpha value is -1.73. The van der Waals surface area contributed by atoms with Crippen LogP contribution in [0.4, 0.5) is 14.6 Å². The van der Waals surface area contributed by atoms with Gasteiger partial charge in [0, 0.05) is 0 Å². The average molecular weight is 254 g/mol. The van der Waals surface area contributed by atoms with E-state index in [1.165, 1.54) is 12.4 Å². The first-order chi connectivity index (χ1) is 8.19. The third kappa shape index (κ3) is 2.89. The normalized spacial score (nSPS) is 10.3. The van der Waals surface area contributed by atoms with Crippen molar-refractivity contribution in [3.8, 4) is 0 Å². The fourth-order valence-corrected chi connectivity index (χ4v) is 1.95. The van der Waals surface area contributed by atoms with E-state index >= 15 is 0 Å². The Morgan fingerprint density at radius 2 is 2.06 bits per heavy atom. The van der Waals surface area contributed by atoms with Crippen molar-refractivity contribution in [2.45, 2.75) is 9.92 Å². The molecule has 2 aromatic rings. The van der Waals surface area contributed by atoms with Gasteiger partial charge in [-0.3, -0.25) is 4.98 Å². The Balaban J connectivity index is 2.27. The van der Waals surface area contributed by atoms with Crippen LogP contribution in [0.3, 0.4) is 0 Å². The van der Waals surface area contributed by atoms with E-state index in [0.29, 0.717) is 10.8 Å². The van der Waals surface area contributed by atoms with Crippen molar-refractivity contribution in [2.24, 2.45) is 5.84 Å². The lowest BCUT2D eigenvalue weighted by Crippen LogP contribution is -2.08. The lowest BCUT2D eigenvalue weighted by Gasteiger charge is -2.04. The van der Waals surface area contributed by atoms with Gasteiger partial charge in [-0.25, -0.2) is 19.6 Å². The molecule has 7 heteroatoms. The second kappa shape index (κ2) is 5.07. The summed E-state index contributed by atoms with van der Waals surface area (Å²) in [6, 6.07) is 3.23. The van der Waals surface area contributed by atoms with Gasteiger partial charge >= 0.3 is 0 Å². The van der Waals surface area contributed by atoms with E-state index in [1.807, 2.05) is 0 Å². The maximum absolute atomic E-state index is 13.4. The minimum atomic E-state index is -0.510. The van der Waals surface area contributed by atoms with Crippen LogP contribution in [-0.4, -0.2) is 9.97 Å². The molecule has 0 radical (unpaired) electrons. The quantitative estimate of drug-likeness (QED) is 0.649. The number of hydrogen-bond acceptors (Lipinski definition) is 5. The third-order valence-electron chi connectivity index (χ3n) is 1.87. The van der Waals surface area contributed by atoms with Crippen LogP contribution >= 0.6 is 11.8 Å². The standard InChI is InChI=1S/C10H8F2N4S/c11-6-1-2-7(12)8(3-6)17-10-5-14-4-9(15-10)16-13/h1-5H,13H2,(H,15,16). The number of nitrogens with two attached hydrogens (primary N) is 1.